The molecule has 1 atom stereocenters. The van der Waals surface area contributed by atoms with E-state index in [-0.39, 0.29) is 11.7 Å². The monoisotopic (exact) mass is 247 g/mol. The summed E-state index contributed by atoms with van der Waals surface area (Å²) in [6.45, 7) is 2.34. The molecule has 0 aromatic heterocycles. The first-order chi connectivity index (χ1) is 8.70. The molecule has 0 aliphatic carbocycles. The first kappa shape index (κ1) is 11.3. The minimum Gasteiger partial charge on any atom is -0.441 e. The highest BCUT2D eigenvalue weighted by Crippen LogP contribution is 2.33. The maximum Gasteiger partial charge on any atom is 0.414 e. The van der Waals surface area contributed by atoms with E-state index in [0.29, 0.717) is 12.2 Å². The Balaban J connectivity index is 1.81. The van der Waals surface area contributed by atoms with Crippen LogP contribution < -0.4 is 16.0 Å². The molecule has 5 heteroatoms. The average molecular weight is 247 g/mol. The molecular weight excluding hydrogens is 230 g/mol. The lowest BCUT2D eigenvalue weighted by atomic mass is 9.96. The molecule has 1 aromatic rings. The first-order valence-corrected chi connectivity index (χ1v) is 6.26. The van der Waals surface area contributed by atoms with E-state index < -0.39 is 0 Å². The number of hydrogen-bond donors (Lipinski definition) is 2. The molecule has 1 spiro atoms. The largest absolute Gasteiger partial charge is 0.441 e. The van der Waals surface area contributed by atoms with Gasteiger partial charge in [0.1, 0.15) is 5.60 Å². The predicted octanol–water partition coefficient (Wildman–Crippen LogP) is 1.35. The van der Waals surface area contributed by atoms with Gasteiger partial charge in [0, 0.05) is 25.9 Å². The predicted molar refractivity (Wildman–Crippen MR) is 69.5 cm³/mol. The summed E-state index contributed by atoms with van der Waals surface area (Å²) in [4.78, 5) is 13.8. The number of nitrogens with one attached hydrogen (secondary N) is 1. The summed E-state index contributed by atoms with van der Waals surface area (Å²) in [5.74, 6) is 0. The summed E-state index contributed by atoms with van der Waals surface area (Å²) in [5.41, 5.74) is 6.95. The van der Waals surface area contributed by atoms with Crippen LogP contribution >= 0.6 is 0 Å². The zero-order valence-corrected chi connectivity index (χ0v) is 10.2. The summed E-state index contributed by atoms with van der Waals surface area (Å²) in [6.07, 6.45) is 1.46. The Hall–Kier alpha value is -1.75. The molecule has 2 fully saturated rings. The molecular formula is C13H17N3O2. The SMILES string of the molecule is Nc1ccccc1N1CCC2(CCNC2)OC1=O. The number of carbonyl (C=O) groups excluding carboxylic acids is 1. The van der Waals surface area contributed by atoms with Crippen molar-refractivity contribution in [1.29, 1.82) is 0 Å². The van der Waals surface area contributed by atoms with Gasteiger partial charge in [0.15, 0.2) is 0 Å². The van der Waals surface area contributed by atoms with E-state index in [4.69, 9.17) is 10.5 Å². The molecule has 2 aliphatic rings. The van der Waals surface area contributed by atoms with Gasteiger partial charge in [0.2, 0.25) is 0 Å². The van der Waals surface area contributed by atoms with Gasteiger partial charge in [-0.1, -0.05) is 12.1 Å². The van der Waals surface area contributed by atoms with Gasteiger partial charge in [-0.05, 0) is 18.7 Å². The Morgan fingerprint density at radius 2 is 2.17 bits per heavy atom. The highest BCUT2D eigenvalue weighted by atomic mass is 16.6. The second-order valence-corrected chi connectivity index (χ2v) is 4.94. The van der Waals surface area contributed by atoms with E-state index in [9.17, 15) is 4.79 Å². The summed E-state index contributed by atoms with van der Waals surface area (Å²) in [7, 11) is 0. The lowest BCUT2D eigenvalue weighted by Crippen LogP contribution is -2.51. The van der Waals surface area contributed by atoms with E-state index in [0.717, 1.165) is 31.6 Å². The standard InChI is InChI=1S/C13H17N3O2/c14-10-3-1-2-4-11(10)16-8-6-13(18-12(16)17)5-7-15-9-13/h1-4,15H,5-9,14H2. The first-order valence-electron chi connectivity index (χ1n) is 6.26. The van der Waals surface area contributed by atoms with E-state index >= 15 is 0 Å². The van der Waals surface area contributed by atoms with Crippen molar-refractivity contribution < 1.29 is 9.53 Å². The van der Waals surface area contributed by atoms with Gasteiger partial charge < -0.3 is 15.8 Å². The van der Waals surface area contributed by atoms with Gasteiger partial charge in [0.25, 0.3) is 0 Å². The second kappa shape index (κ2) is 4.17. The number of rotatable bonds is 1. The Morgan fingerprint density at radius 3 is 2.83 bits per heavy atom. The minimum atomic E-state index is -0.295. The zero-order valence-electron chi connectivity index (χ0n) is 10.2. The number of nitrogen functional groups attached to an aromatic ring is 1. The van der Waals surface area contributed by atoms with Crippen LogP contribution in [0, 0.1) is 0 Å². The van der Waals surface area contributed by atoms with Crippen molar-refractivity contribution in [2.75, 3.05) is 30.3 Å². The van der Waals surface area contributed by atoms with Crippen LogP contribution in [0.1, 0.15) is 12.8 Å². The molecule has 1 amide bonds. The summed E-state index contributed by atoms with van der Waals surface area (Å²) < 4.78 is 5.63. The second-order valence-electron chi connectivity index (χ2n) is 4.94. The molecule has 3 rings (SSSR count). The Bertz CT molecular complexity index is 469. The quantitative estimate of drug-likeness (QED) is 0.735. The van der Waals surface area contributed by atoms with Crippen LogP contribution in [0.4, 0.5) is 16.2 Å². The smallest absolute Gasteiger partial charge is 0.414 e. The third kappa shape index (κ3) is 1.80. The maximum atomic E-state index is 12.1. The number of amides is 1. The topological polar surface area (TPSA) is 67.6 Å². The molecule has 2 saturated heterocycles. The van der Waals surface area contributed by atoms with Crippen molar-refractivity contribution in [3.8, 4) is 0 Å². The number of nitrogens with two attached hydrogens (primary N) is 1. The van der Waals surface area contributed by atoms with Crippen molar-refractivity contribution >= 4 is 17.5 Å². The van der Waals surface area contributed by atoms with Crippen molar-refractivity contribution in [2.24, 2.45) is 0 Å². The third-order valence-corrected chi connectivity index (χ3v) is 3.75. The molecule has 1 unspecified atom stereocenters. The van der Waals surface area contributed by atoms with Crippen molar-refractivity contribution in [3.63, 3.8) is 0 Å². The van der Waals surface area contributed by atoms with Crippen LogP contribution in [0.15, 0.2) is 24.3 Å². The van der Waals surface area contributed by atoms with Crippen molar-refractivity contribution in [3.05, 3.63) is 24.3 Å². The molecule has 3 N–H and O–H groups in total. The van der Waals surface area contributed by atoms with Crippen molar-refractivity contribution in [2.45, 2.75) is 18.4 Å². The van der Waals surface area contributed by atoms with Crippen LogP contribution in [0.2, 0.25) is 0 Å². The maximum absolute atomic E-state index is 12.1. The average Bonchev–Trinajstić information content (AvgIpc) is 2.79. The van der Waals surface area contributed by atoms with Gasteiger partial charge in [-0.15, -0.1) is 0 Å². The Morgan fingerprint density at radius 1 is 1.33 bits per heavy atom. The number of nitrogens with zero attached hydrogens (tertiary/aromatic N) is 1. The van der Waals surface area contributed by atoms with Crippen LogP contribution in [-0.2, 0) is 4.74 Å². The fourth-order valence-electron chi connectivity index (χ4n) is 2.67. The molecule has 2 heterocycles. The van der Waals surface area contributed by atoms with Gasteiger partial charge in [-0.25, -0.2) is 4.79 Å². The fraction of sp³-hybridized carbons (Fsp3) is 0.462. The van der Waals surface area contributed by atoms with Gasteiger partial charge in [-0.3, -0.25) is 4.90 Å². The minimum absolute atomic E-state index is 0.289. The van der Waals surface area contributed by atoms with E-state index in [1.54, 1.807) is 11.0 Å². The van der Waals surface area contributed by atoms with Crippen LogP contribution in [0.25, 0.3) is 0 Å². The van der Waals surface area contributed by atoms with Crippen LogP contribution in [-0.4, -0.2) is 31.3 Å². The third-order valence-electron chi connectivity index (χ3n) is 3.75. The van der Waals surface area contributed by atoms with Crippen molar-refractivity contribution in [1.82, 2.24) is 5.32 Å². The molecule has 2 aliphatic heterocycles. The van der Waals surface area contributed by atoms with Crippen LogP contribution in [0.3, 0.4) is 0 Å². The normalized spacial score (nSPS) is 27.6. The number of hydrogen-bond acceptors (Lipinski definition) is 4. The number of benzene rings is 1. The molecule has 0 bridgehead atoms. The molecule has 0 radical (unpaired) electrons. The molecule has 96 valence electrons. The number of carbonyl (C=O) groups is 1. The van der Waals surface area contributed by atoms with Gasteiger partial charge in [-0.2, -0.15) is 0 Å². The Labute approximate surface area is 106 Å². The number of ether oxygens (including phenoxy) is 1. The van der Waals surface area contributed by atoms with Crippen LogP contribution in [0.5, 0.6) is 0 Å². The summed E-state index contributed by atoms with van der Waals surface area (Å²) in [6, 6.07) is 7.38. The fourth-order valence-corrected chi connectivity index (χ4v) is 2.67. The number of anilines is 2. The van der Waals surface area contributed by atoms with Gasteiger partial charge >= 0.3 is 6.09 Å². The zero-order chi connectivity index (χ0) is 12.6. The molecule has 1 aromatic carbocycles. The lowest BCUT2D eigenvalue weighted by Gasteiger charge is -2.38. The van der Waals surface area contributed by atoms with Gasteiger partial charge in [0.05, 0.1) is 11.4 Å². The Kier molecular flexibility index (Phi) is 2.63. The number of para-hydroxylation sites is 2. The van der Waals surface area contributed by atoms with E-state index in [1.165, 1.54) is 0 Å². The van der Waals surface area contributed by atoms with E-state index in [1.807, 2.05) is 18.2 Å². The lowest BCUT2D eigenvalue weighted by molar-refractivity contribution is 0.0105. The highest BCUT2D eigenvalue weighted by Gasteiger charge is 2.43. The molecule has 18 heavy (non-hydrogen) atoms. The highest BCUT2D eigenvalue weighted by molar-refractivity contribution is 5.92. The summed E-state index contributed by atoms with van der Waals surface area (Å²) in [5, 5.41) is 3.25. The molecule has 5 nitrogen and oxygen atoms in total. The van der Waals surface area contributed by atoms with E-state index in [2.05, 4.69) is 5.32 Å². The molecule has 0 saturated carbocycles. The summed E-state index contributed by atoms with van der Waals surface area (Å²) >= 11 is 0.